The van der Waals surface area contributed by atoms with Crippen LogP contribution in [0.3, 0.4) is 0 Å². The number of amides is 1. The Morgan fingerprint density at radius 1 is 1.06 bits per heavy atom. The number of nitro benzene ring substituents is 1. The molecule has 0 spiro atoms. The van der Waals surface area contributed by atoms with Gasteiger partial charge in [-0.2, -0.15) is 0 Å². The van der Waals surface area contributed by atoms with Crippen molar-refractivity contribution in [2.24, 2.45) is 0 Å². The first-order valence-corrected chi connectivity index (χ1v) is 13.8. The standard InChI is InChI=1S/C24H25N4O7P/c29-24-19-13-17(4-1-15(19)14-27(24)16-2-3-16)34-23-20(28(30)31)6-5-18-21(7-12-33-22(18)23)35-36(32,25-8-9-25)26-10-11-26/h1,4-6,13,16,21H,2-3,7-12,14H2. The summed E-state index contributed by atoms with van der Waals surface area (Å²) in [7, 11) is -3.11. The summed E-state index contributed by atoms with van der Waals surface area (Å²) in [5.41, 5.74) is 1.81. The molecule has 2 aromatic carbocycles. The maximum Gasteiger partial charge on any atom is 0.346 e. The van der Waals surface area contributed by atoms with Crippen LogP contribution in [0.5, 0.6) is 17.2 Å². The van der Waals surface area contributed by atoms with Crippen LogP contribution >= 0.6 is 7.67 Å². The second kappa shape index (κ2) is 8.01. The van der Waals surface area contributed by atoms with Gasteiger partial charge in [-0.15, -0.1) is 0 Å². The molecule has 1 aliphatic carbocycles. The van der Waals surface area contributed by atoms with Crippen molar-refractivity contribution in [1.82, 2.24) is 14.2 Å². The van der Waals surface area contributed by atoms with Crippen molar-refractivity contribution >= 4 is 19.3 Å². The molecule has 0 N–H and O–H groups in total. The Morgan fingerprint density at radius 3 is 2.47 bits per heavy atom. The first kappa shape index (κ1) is 22.2. The van der Waals surface area contributed by atoms with Gasteiger partial charge in [0, 0.05) is 62.4 Å². The molecule has 1 atom stereocenters. The molecule has 4 aliphatic heterocycles. The molecule has 1 saturated carbocycles. The fourth-order valence-electron chi connectivity index (χ4n) is 4.98. The third-order valence-electron chi connectivity index (χ3n) is 7.24. The molecule has 2 saturated heterocycles. The molecule has 2 aromatic rings. The van der Waals surface area contributed by atoms with Crippen molar-refractivity contribution < 1.29 is 28.3 Å². The molecule has 5 aliphatic rings. The lowest BCUT2D eigenvalue weighted by Crippen LogP contribution is -2.25. The summed E-state index contributed by atoms with van der Waals surface area (Å²) in [4.78, 5) is 26.1. The third-order valence-corrected chi connectivity index (χ3v) is 10.00. The Bertz CT molecular complexity index is 1320. The van der Waals surface area contributed by atoms with Crippen LogP contribution in [-0.4, -0.2) is 63.9 Å². The summed E-state index contributed by atoms with van der Waals surface area (Å²) in [5.74, 6) is 0.466. The van der Waals surface area contributed by atoms with Gasteiger partial charge in [-0.05, 0) is 36.6 Å². The smallest absolute Gasteiger partial charge is 0.346 e. The van der Waals surface area contributed by atoms with Gasteiger partial charge in [-0.25, -0.2) is 9.34 Å². The Morgan fingerprint density at radius 2 is 1.81 bits per heavy atom. The maximum atomic E-state index is 13.6. The number of nitrogens with zero attached hydrogens (tertiary/aromatic N) is 4. The van der Waals surface area contributed by atoms with Gasteiger partial charge in [-0.3, -0.25) is 24.0 Å². The highest BCUT2D eigenvalue weighted by Crippen LogP contribution is 2.64. The van der Waals surface area contributed by atoms with Gasteiger partial charge >= 0.3 is 13.4 Å². The number of fused-ring (bicyclic) bond motifs is 2. The molecule has 1 unspecified atom stereocenters. The molecular weight excluding hydrogens is 487 g/mol. The van der Waals surface area contributed by atoms with Crippen LogP contribution in [-0.2, 0) is 15.6 Å². The van der Waals surface area contributed by atoms with Crippen molar-refractivity contribution in [2.75, 3.05) is 32.8 Å². The molecule has 12 heteroatoms. The van der Waals surface area contributed by atoms with Crippen molar-refractivity contribution in [3.8, 4) is 17.2 Å². The number of carbonyl (C=O) groups excluding carboxylic acids is 1. The summed E-state index contributed by atoms with van der Waals surface area (Å²) in [6.45, 7) is 3.74. The summed E-state index contributed by atoms with van der Waals surface area (Å²) in [5, 5.41) is 11.9. The average molecular weight is 512 g/mol. The minimum Gasteiger partial charge on any atom is -0.489 e. The van der Waals surface area contributed by atoms with Crippen molar-refractivity contribution in [2.45, 2.75) is 38.0 Å². The Balaban J connectivity index is 1.22. The lowest BCUT2D eigenvalue weighted by molar-refractivity contribution is -0.385. The fraction of sp³-hybridized carbons (Fsp3) is 0.458. The highest BCUT2D eigenvalue weighted by molar-refractivity contribution is 7.54. The molecule has 188 valence electrons. The highest BCUT2D eigenvalue weighted by Gasteiger charge is 2.51. The molecule has 0 radical (unpaired) electrons. The Labute approximate surface area is 207 Å². The van der Waals surface area contributed by atoms with E-state index in [4.69, 9.17) is 14.0 Å². The number of nitro groups is 1. The molecule has 36 heavy (non-hydrogen) atoms. The quantitative estimate of drug-likeness (QED) is 0.223. The molecule has 3 fully saturated rings. The van der Waals surface area contributed by atoms with Gasteiger partial charge in [0.05, 0.1) is 17.6 Å². The molecule has 4 heterocycles. The normalized spacial score (nSPS) is 23.2. The molecule has 11 nitrogen and oxygen atoms in total. The fourth-order valence-corrected chi connectivity index (χ4v) is 7.35. The van der Waals surface area contributed by atoms with Gasteiger partial charge < -0.3 is 14.4 Å². The largest absolute Gasteiger partial charge is 0.489 e. The van der Waals surface area contributed by atoms with Crippen LogP contribution < -0.4 is 9.47 Å². The topological polar surface area (TPSA) is 114 Å². The van der Waals surface area contributed by atoms with E-state index in [-0.39, 0.29) is 29.7 Å². The van der Waals surface area contributed by atoms with Gasteiger partial charge in [0.2, 0.25) is 5.75 Å². The second-order valence-corrected chi connectivity index (χ2v) is 12.1. The van der Waals surface area contributed by atoms with Crippen LogP contribution in [0.4, 0.5) is 5.69 Å². The second-order valence-electron chi connectivity index (χ2n) is 9.80. The lowest BCUT2D eigenvalue weighted by Gasteiger charge is -2.31. The molecule has 0 bridgehead atoms. The van der Waals surface area contributed by atoms with Crippen molar-refractivity contribution in [3.05, 3.63) is 57.1 Å². The minimum absolute atomic E-state index is 0.0341. The van der Waals surface area contributed by atoms with E-state index < -0.39 is 18.7 Å². The van der Waals surface area contributed by atoms with Gasteiger partial charge in [0.15, 0.2) is 5.75 Å². The molecule has 0 aromatic heterocycles. The SMILES string of the molecule is O=C1c2cc(Oc3c([N+](=O)[O-])ccc4c3OCCC4OP(=O)(N3CC3)N3CC3)ccc2CN1C1CC1. The number of hydrogen-bond donors (Lipinski definition) is 0. The predicted octanol–water partition coefficient (Wildman–Crippen LogP) is 4.08. The minimum atomic E-state index is -3.11. The lowest BCUT2D eigenvalue weighted by atomic mass is 10.0. The Kier molecular flexibility index (Phi) is 4.95. The number of hydrogen-bond acceptors (Lipinski definition) is 7. The molecule has 7 rings (SSSR count). The predicted molar refractivity (Wildman–Crippen MR) is 127 cm³/mol. The van der Waals surface area contributed by atoms with E-state index >= 15 is 0 Å². The average Bonchev–Trinajstić information content (AvgIpc) is 3.72. The van der Waals surface area contributed by atoms with E-state index in [9.17, 15) is 19.5 Å². The van der Waals surface area contributed by atoms with Crippen LogP contribution in [0.1, 0.15) is 46.9 Å². The Hall–Kier alpha value is -2.98. The van der Waals surface area contributed by atoms with E-state index in [2.05, 4.69) is 0 Å². The van der Waals surface area contributed by atoms with Gasteiger partial charge in [0.25, 0.3) is 5.91 Å². The zero-order valence-electron chi connectivity index (χ0n) is 19.5. The maximum absolute atomic E-state index is 13.6. The van der Waals surface area contributed by atoms with Crippen molar-refractivity contribution in [3.63, 3.8) is 0 Å². The van der Waals surface area contributed by atoms with Crippen LogP contribution in [0.25, 0.3) is 0 Å². The molecule has 1 amide bonds. The van der Waals surface area contributed by atoms with E-state index in [1.807, 2.05) is 20.3 Å². The van der Waals surface area contributed by atoms with E-state index in [1.165, 1.54) is 6.07 Å². The van der Waals surface area contributed by atoms with Gasteiger partial charge in [0.1, 0.15) is 5.75 Å². The summed E-state index contributed by atoms with van der Waals surface area (Å²) >= 11 is 0. The summed E-state index contributed by atoms with van der Waals surface area (Å²) in [6, 6.07) is 8.47. The highest BCUT2D eigenvalue weighted by atomic mass is 31.2. The zero-order valence-corrected chi connectivity index (χ0v) is 20.4. The monoisotopic (exact) mass is 512 g/mol. The number of benzene rings is 2. The van der Waals surface area contributed by atoms with E-state index in [0.717, 1.165) is 44.6 Å². The zero-order chi connectivity index (χ0) is 24.6. The van der Waals surface area contributed by atoms with Crippen LogP contribution in [0, 0.1) is 10.1 Å². The summed E-state index contributed by atoms with van der Waals surface area (Å²) in [6.07, 6.45) is 1.97. The number of carbonyl (C=O) groups is 1. The number of ether oxygens (including phenoxy) is 2. The van der Waals surface area contributed by atoms with Crippen LogP contribution in [0.15, 0.2) is 30.3 Å². The van der Waals surface area contributed by atoms with E-state index in [0.29, 0.717) is 35.9 Å². The first-order chi connectivity index (χ1) is 17.4. The van der Waals surface area contributed by atoms with Crippen molar-refractivity contribution in [1.29, 1.82) is 0 Å². The first-order valence-electron chi connectivity index (χ1n) is 12.3. The third kappa shape index (κ3) is 3.69. The number of rotatable bonds is 8. The van der Waals surface area contributed by atoms with Gasteiger partial charge in [-0.1, -0.05) is 6.07 Å². The summed E-state index contributed by atoms with van der Waals surface area (Å²) < 4.78 is 35.5. The van der Waals surface area contributed by atoms with Crippen LogP contribution in [0.2, 0.25) is 0 Å². The molecular formula is C24H25N4O7P. The van der Waals surface area contributed by atoms with E-state index in [1.54, 1.807) is 18.2 Å².